The van der Waals surface area contributed by atoms with Crippen LogP contribution >= 0.6 is 23.4 Å². The van der Waals surface area contributed by atoms with Gasteiger partial charge in [0, 0.05) is 54.9 Å². The fourth-order valence-corrected chi connectivity index (χ4v) is 7.42. The molecule has 0 bridgehead atoms. The molecule has 0 spiro atoms. The fourth-order valence-electron chi connectivity index (χ4n) is 5.55. The quantitative estimate of drug-likeness (QED) is 0.448. The summed E-state index contributed by atoms with van der Waals surface area (Å²) in [6.45, 7) is 6.25. The third-order valence-electron chi connectivity index (χ3n) is 7.81. The highest BCUT2D eigenvalue weighted by molar-refractivity contribution is 8.01. The molecule has 10 heteroatoms. The maximum atomic E-state index is 14.8. The van der Waals surface area contributed by atoms with Crippen LogP contribution in [0.2, 0.25) is 5.02 Å². The van der Waals surface area contributed by atoms with Gasteiger partial charge in [0.2, 0.25) is 11.8 Å². The number of halogens is 2. The number of fused-ring (bicyclic) bond motifs is 1. The van der Waals surface area contributed by atoms with Crippen molar-refractivity contribution >= 4 is 46.9 Å². The summed E-state index contributed by atoms with van der Waals surface area (Å²) in [6, 6.07) is 12.3. The first-order valence-electron chi connectivity index (χ1n) is 13.6. The minimum Gasteiger partial charge on any atom is -0.342 e. The molecule has 3 heterocycles. The van der Waals surface area contributed by atoms with Crippen LogP contribution < -0.4 is 5.32 Å². The average Bonchev–Trinajstić information content (AvgIpc) is 3.21. The molecular weight excluding hydrogens is 539 g/mol. The number of thioether (sulfide) groups is 1. The molecule has 0 aliphatic carbocycles. The van der Waals surface area contributed by atoms with Gasteiger partial charge in [0.1, 0.15) is 11.2 Å². The number of anilines is 1. The molecule has 2 aromatic carbocycles. The molecule has 2 saturated heterocycles. The van der Waals surface area contributed by atoms with Crippen LogP contribution in [0.25, 0.3) is 0 Å². The number of piperidine rings is 1. The number of nitrogens with one attached hydrogen (secondary N) is 1. The van der Waals surface area contributed by atoms with Crippen LogP contribution in [0, 0.1) is 11.7 Å². The molecule has 2 atom stereocenters. The lowest BCUT2D eigenvalue weighted by molar-refractivity contribution is -0.137. The average molecular weight is 573 g/mol. The van der Waals surface area contributed by atoms with Crippen molar-refractivity contribution in [2.75, 3.05) is 25.0 Å². The SMILES string of the molecule is CC(C)CCN1C(=O)C(CC(=O)N2CCC(N3Cc4ccccc4NC3=O)CC2)SC1c1c(F)cccc1Cl. The molecule has 4 amide bonds. The largest absolute Gasteiger partial charge is 0.342 e. The summed E-state index contributed by atoms with van der Waals surface area (Å²) in [6.07, 6.45) is 2.20. The number of hydrogen-bond donors (Lipinski definition) is 1. The highest BCUT2D eigenvalue weighted by Crippen LogP contribution is 2.47. The van der Waals surface area contributed by atoms with E-state index in [2.05, 4.69) is 19.2 Å². The smallest absolute Gasteiger partial charge is 0.322 e. The molecule has 7 nitrogen and oxygen atoms in total. The second-order valence-corrected chi connectivity index (χ2v) is 12.6. The molecular formula is C29H34ClFN4O3S. The normalized spacial score (nSPS) is 21.9. The standard InChI is InChI=1S/C29H34ClFN4O3S/c1-18(2)10-15-34-27(37)24(39-28(34)26-21(30)7-5-8-22(26)31)16-25(36)33-13-11-20(12-14-33)35-17-19-6-3-4-9-23(19)32-29(35)38/h3-9,18,20,24,28H,10-17H2,1-2H3,(H,32,38). The molecule has 0 radical (unpaired) electrons. The molecule has 1 N–H and O–H groups in total. The second-order valence-electron chi connectivity index (χ2n) is 10.9. The Bertz CT molecular complexity index is 1230. The van der Waals surface area contributed by atoms with E-state index in [4.69, 9.17) is 11.6 Å². The van der Waals surface area contributed by atoms with Gasteiger partial charge in [-0.25, -0.2) is 9.18 Å². The highest BCUT2D eigenvalue weighted by atomic mass is 35.5. The van der Waals surface area contributed by atoms with Crippen LogP contribution in [0.4, 0.5) is 14.9 Å². The van der Waals surface area contributed by atoms with E-state index < -0.39 is 16.4 Å². The predicted molar refractivity (Wildman–Crippen MR) is 152 cm³/mol. The van der Waals surface area contributed by atoms with Crippen molar-refractivity contribution < 1.29 is 18.8 Å². The van der Waals surface area contributed by atoms with Gasteiger partial charge in [-0.2, -0.15) is 0 Å². The number of rotatable bonds is 7. The van der Waals surface area contributed by atoms with Crippen LogP contribution in [0.5, 0.6) is 0 Å². The summed E-state index contributed by atoms with van der Waals surface area (Å²) in [4.78, 5) is 44.8. The lowest BCUT2D eigenvalue weighted by atomic mass is 10.0. The molecule has 5 rings (SSSR count). The summed E-state index contributed by atoms with van der Waals surface area (Å²) in [5.74, 6) is -0.300. The molecule has 2 aromatic rings. The first-order chi connectivity index (χ1) is 18.7. The Morgan fingerprint density at radius 3 is 2.59 bits per heavy atom. The van der Waals surface area contributed by atoms with Gasteiger partial charge < -0.3 is 20.0 Å². The summed E-state index contributed by atoms with van der Waals surface area (Å²) < 4.78 is 14.8. The van der Waals surface area contributed by atoms with Crippen LogP contribution in [-0.2, 0) is 16.1 Å². The summed E-state index contributed by atoms with van der Waals surface area (Å²) in [5.41, 5.74) is 2.24. The maximum Gasteiger partial charge on any atom is 0.322 e. The van der Waals surface area contributed by atoms with Gasteiger partial charge in [0.15, 0.2) is 0 Å². The van der Waals surface area contributed by atoms with E-state index in [0.29, 0.717) is 50.5 Å². The minimum absolute atomic E-state index is 0.0454. The van der Waals surface area contributed by atoms with Gasteiger partial charge in [-0.05, 0) is 48.9 Å². The Labute approximate surface area is 238 Å². The van der Waals surface area contributed by atoms with Crippen LogP contribution in [0.3, 0.4) is 0 Å². The Morgan fingerprint density at radius 1 is 1.13 bits per heavy atom. The Morgan fingerprint density at radius 2 is 1.87 bits per heavy atom. The van der Waals surface area contributed by atoms with Crippen molar-refractivity contribution in [2.45, 2.75) is 62.7 Å². The summed E-state index contributed by atoms with van der Waals surface area (Å²) >= 11 is 7.69. The van der Waals surface area contributed by atoms with Crippen molar-refractivity contribution in [3.63, 3.8) is 0 Å². The number of benzene rings is 2. The van der Waals surface area contributed by atoms with Crippen molar-refractivity contribution in [2.24, 2.45) is 5.92 Å². The molecule has 2 unspecified atom stereocenters. The molecule has 208 valence electrons. The number of nitrogens with zero attached hydrogens (tertiary/aromatic N) is 3. The van der Waals surface area contributed by atoms with Gasteiger partial charge in [0.05, 0.1) is 5.25 Å². The van der Waals surface area contributed by atoms with Crippen molar-refractivity contribution in [3.05, 3.63) is 64.4 Å². The highest BCUT2D eigenvalue weighted by Gasteiger charge is 2.44. The summed E-state index contributed by atoms with van der Waals surface area (Å²) in [7, 11) is 0. The number of carbonyl (C=O) groups is 3. The van der Waals surface area contributed by atoms with Gasteiger partial charge in [-0.15, -0.1) is 11.8 Å². The predicted octanol–water partition coefficient (Wildman–Crippen LogP) is 5.90. The van der Waals surface area contributed by atoms with Crippen molar-refractivity contribution in [1.29, 1.82) is 0 Å². The van der Waals surface area contributed by atoms with E-state index in [1.165, 1.54) is 17.8 Å². The monoisotopic (exact) mass is 572 g/mol. The molecule has 39 heavy (non-hydrogen) atoms. The van der Waals surface area contributed by atoms with Crippen LogP contribution in [-0.4, -0.2) is 63.5 Å². The molecule has 2 fully saturated rings. The number of carbonyl (C=O) groups excluding carboxylic acids is 3. The van der Waals surface area contributed by atoms with E-state index in [0.717, 1.165) is 17.7 Å². The zero-order valence-corrected chi connectivity index (χ0v) is 23.8. The van der Waals surface area contributed by atoms with Crippen LogP contribution in [0.1, 0.15) is 56.0 Å². The first-order valence-corrected chi connectivity index (χ1v) is 14.9. The number of likely N-dealkylation sites (tertiary alicyclic amines) is 1. The third kappa shape index (κ3) is 5.89. The third-order valence-corrected chi connectivity index (χ3v) is 9.58. The van der Waals surface area contributed by atoms with E-state index in [1.807, 2.05) is 29.2 Å². The fraction of sp³-hybridized carbons (Fsp3) is 0.483. The zero-order valence-electron chi connectivity index (χ0n) is 22.2. The molecule has 3 aliphatic rings. The Kier molecular flexibility index (Phi) is 8.38. The van der Waals surface area contributed by atoms with Gasteiger partial charge in [0.25, 0.3) is 0 Å². The van der Waals surface area contributed by atoms with E-state index in [1.54, 1.807) is 21.9 Å². The van der Waals surface area contributed by atoms with Gasteiger partial charge >= 0.3 is 6.03 Å². The summed E-state index contributed by atoms with van der Waals surface area (Å²) in [5, 5.41) is 2.10. The van der Waals surface area contributed by atoms with E-state index in [9.17, 15) is 18.8 Å². The van der Waals surface area contributed by atoms with E-state index in [-0.39, 0.29) is 35.3 Å². The number of urea groups is 1. The molecule has 3 aliphatic heterocycles. The number of hydrogen-bond acceptors (Lipinski definition) is 4. The first kappa shape index (κ1) is 27.8. The van der Waals surface area contributed by atoms with Crippen LogP contribution in [0.15, 0.2) is 42.5 Å². The lowest BCUT2D eigenvalue weighted by Gasteiger charge is -2.40. The topological polar surface area (TPSA) is 73.0 Å². The van der Waals surface area contributed by atoms with Gasteiger partial charge in [-0.1, -0.05) is 49.7 Å². The molecule has 0 aromatic heterocycles. The zero-order chi connectivity index (χ0) is 27.7. The maximum absolute atomic E-state index is 14.8. The minimum atomic E-state index is -0.590. The van der Waals surface area contributed by atoms with Crippen molar-refractivity contribution in [1.82, 2.24) is 14.7 Å². The van der Waals surface area contributed by atoms with Gasteiger partial charge in [-0.3, -0.25) is 9.59 Å². The number of amides is 4. The van der Waals surface area contributed by atoms with E-state index >= 15 is 0 Å². The second kappa shape index (κ2) is 11.8. The Balaban J connectivity index is 1.22. The molecule has 0 saturated carbocycles. The Hall–Kier alpha value is -2.78. The lowest BCUT2D eigenvalue weighted by Crippen LogP contribution is -2.51. The van der Waals surface area contributed by atoms with Crippen molar-refractivity contribution in [3.8, 4) is 0 Å². The number of para-hydroxylation sites is 1.